The van der Waals surface area contributed by atoms with Crippen molar-refractivity contribution in [2.45, 2.75) is 12.3 Å². The molecule has 0 atom stereocenters. The van der Waals surface area contributed by atoms with Crippen molar-refractivity contribution < 1.29 is 9.21 Å². The SMILES string of the molecule is CSCc1ccc(CNCCNC(=O)N(C)C)o1. The van der Waals surface area contributed by atoms with Gasteiger partial charge in [0.2, 0.25) is 0 Å². The molecule has 1 rings (SSSR count). The molecule has 0 bridgehead atoms. The van der Waals surface area contributed by atoms with Gasteiger partial charge in [0.25, 0.3) is 0 Å². The highest BCUT2D eigenvalue weighted by molar-refractivity contribution is 7.97. The molecule has 0 aliphatic rings. The molecule has 0 aliphatic heterocycles. The van der Waals surface area contributed by atoms with Gasteiger partial charge in [0.05, 0.1) is 12.3 Å². The van der Waals surface area contributed by atoms with E-state index in [0.29, 0.717) is 13.1 Å². The molecule has 1 aromatic heterocycles. The van der Waals surface area contributed by atoms with E-state index in [2.05, 4.69) is 10.6 Å². The van der Waals surface area contributed by atoms with Crippen LogP contribution in [0.3, 0.4) is 0 Å². The van der Waals surface area contributed by atoms with Crippen LogP contribution >= 0.6 is 11.8 Å². The van der Waals surface area contributed by atoms with Crippen LogP contribution in [0.25, 0.3) is 0 Å². The average Bonchev–Trinajstić information content (AvgIpc) is 2.76. The summed E-state index contributed by atoms with van der Waals surface area (Å²) in [5.74, 6) is 2.83. The molecule has 5 nitrogen and oxygen atoms in total. The molecule has 0 aromatic carbocycles. The number of amides is 2. The van der Waals surface area contributed by atoms with E-state index in [-0.39, 0.29) is 6.03 Å². The maximum Gasteiger partial charge on any atom is 0.316 e. The molecule has 1 heterocycles. The molecule has 0 aliphatic carbocycles. The Balaban J connectivity index is 2.12. The number of hydrogen-bond acceptors (Lipinski definition) is 4. The Labute approximate surface area is 112 Å². The number of furan rings is 1. The van der Waals surface area contributed by atoms with Crippen molar-refractivity contribution in [3.63, 3.8) is 0 Å². The van der Waals surface area contributed by atoms with Crippen LogP contribution in [0.4, 0.5) is 4.79 Å². The monoisotopic (exact) mass is 271 g/mol. The summed E-state index contributed by atoms with van der Waals surface area (Å²) in [6.07, 6.45) is 2.05. The van der Waals surface area contributed by atoms with E-state index in [9.17, 15) is 4.79 Å². The Morgan fingerprint density at radius 1 is 1.33 bits per heavy atom. The first kappa shape index (κ1) is 14.9. The van der Waals surface area contributed by atoms with Crippen LogP contribution in [0.1, 0.15) is 11.5 Å². The maximum atomic E-state index is 11.2. The van der Waals surface area contributed by atoms with Crippen LogP contribution in [-0.2, 0) is 12.3 Å². The lowest BCUT2D eigenvalue weighted by Crippen LogP contribution is -2.38. The third-order valence-corrected chi connectivity index (χ3v) is 2.86. The average molecular weight is 271 g/mol. The summed E-state index contributed by atoms with van der Waals surface area (Å²) in [7, 11) is 3.44. The second kappa shape index (κ2) is 8.05. The van der Waals surface area contributed by atoms with Gasteiger partial charge in [-0.1, -0.05) is 0 Å². The molecule has 0 radical (unpaired) electrons. The largest absolute Gasteiger partial charge is 0.464 e. The van der Waals surface area contributed by atoms with Crippen LogP contribution in [-0.4, -0.2) is 44.4 Å². The topological polar surface area (TPSA) is 57.5 Å². The molecule has 102 valence electrons. The summed E-state index contributed by atoms with van der Waals surface area (Å²) in [6, 6.07) is 3.91. The Morgan fingerprint density at radius 2 is 2.06 bits per heavy atom. The summed E-state index contributed by atoms with van der Waals surface area (Å²) in [4.78, 5) is 12.7. The van der Waals surface area contributed by atoms with E-state index < -0.39 is 0 Å². The van der Waals surface area contributed by atoms with Crippen LogP contribution < -0.4 is 10.6 Å². The molecular formula is C12H21N3O2S. The first-order valence-corrected chi connectivity index (χ1v) is 7.25. The molecular weight excluding hydrogens is 250 g/mol. The van der Waals surface area contributed by atoms with Crippen molar-refractivity contribution >= 4 is 17.8 Å². The Morgan fingerprint density at radius 3 is 2.72 bits per heavy atom. The molecule has 0 saturated carbocycles. The minimum absolute atomic E-state index is 0.0722. The number of hydrogen-bond donors (Lipinski definition) is 2. The fraction of sp³-hybridized carbons (Fsp3) is 0.583. The van der Waals surface area contributed by atoms with Gasteiger partial charge >= 0.3 is 6.03 Å². The number of carbonyl (C=O) groups is 1. The highest BCUT2D eigenvalue weighted by atomic mass is 32.2. The lowest BCUT2D eigenvalue weighted by molar-refractivity contribution is 0.217. The van der Waals surface area contributed by atoms with Crippen LogP contribution in [0, 0.1) is 0 Å². The highest BCUT2D eigenvalue weighted by Gasteiger charge is 2.02. The summed E-state index contributed by atoms with van der Waals surface area (Å²) >= 11 is 1.74. The van der Waals surface area contributed by atoms with Gasteiger partial charge in [-0.15, -0.1) is 0 Å². The molecule has 0 fully saturated rings. The van der Waals surface area contributed by atoms with Gasteiger partial charge in [-0.2, -0.15) is 11.8 Å². The second-order valence-corrected chi connectivity index (χ2v) is 4.97. The van der Waals surface area contributed by atoms with Crippen LogP contribution in [0.5, 0.6) is 0 Å². The van der Waals surface area contributed by atoms with Crippen molar-refractivity contribution in [2.24, 2.45) is 0 Å². The highest BCUT2D eigenvalue weighted by Crippen LogP contribution is 2.12. The van der Waals surface area contributed by atoms with E-state index in [1.807, 2.05) is 18.4 Å². The van der Waals surface area contributed by atoms with Gasteiger partial charge in [0, 0.05) is 27.2 Å². The summed E-state index contributed by atoms with van der Waals surface area (Å²) < 4.78 is 5.61. The van der Waals surface area contributed by atoms with Gasteiger partial charge in [-0.25, -0.2) is 4.79 Å². The zero-order chi connectivity index (χ0) is 13.4. The van der Waals surface area contributed by atoms with E-state index in [0.717, 1.165) is 23.8 Å². The molecule has 1 aromatic rings. The molecule has 0 saturated heterocycles. The summed E-state index contributed by atoms with van der Waals surface area (Å²) in [5, 5.41) is 6.00. The fourth-order valence-corrected chi connectivity index (χ4v) is 1.80. The number of thioether (sulfide) groups is 1. The predicted octanol–water partition coefficient (Wildman–Crippen LogP) is 1.50. The van der Waals surface area contributed by atoms with Gasteiger partial charge in [0.15, 0.2) is 0 Å². The van der Waals surface area contributed by atoms with Crippen molar-refractivity contribution in [3.05, 3.63) is 23.7 Å². The predicted molar refractivity (Wildman–Crippen MR) is 74.7 cm³/mol. The molecule has 6 heteroatoms. The lowest BCUT2D eigenvalue weighted by Gasteiger charge is -2.11. The number of nitrogens with zero attached hydrogens (tertiary/aromatic N) is 1. The summed E-state index contributed by atoms with van der Waals surface area (Å²) in [5.41, 5.74) is 0. The van der Waals surface area contributed by atoms with E-state index >= 15 is 0 Å². The maximum absolute atomic E-state index is 11.2. The molecule has 2 amide bonds. The number of nitrogens with one attached hydrogen (secondary N) is 2. The second-order valence-electron chi connectivity index (χ2n) is 4.10. The van der Waals surface area contributed by atoms with Crippen molar-refractivity contribution in [2.75, 3.05) is 33.4 Å². The fourth-order valence-electron chi connectivity index (χ4n) is 1.36. The van der Waals surface area contributed by atoms with E-state index in [4.69, 9.17) is 4.42 Å². The molecule has 0 spiro atoms. The Hall–Kier alpha value is -1.14. The molecule has 18 heavy (non-hydrogen) atoms. The first-order valence-electron chi connectivity index (χ1n) is 5.86. The van der Waals surface area contributed by atoms with Gasteiger partial charge in [0.1, 0.15) is 11.5 Å². The first-order chi connectivity index (χ1) is 8.63. The van der Waals surface area contributed by atoms with E-state index in [1.165, 1.54) is 4.90 Å². The van der Waals surface area contributed by atoms with Gasteiger partial charge in [-0.05, 0) is 18.4 Å². The lowest BCUT2D eigenvalue weighted by atomic mass is 10.4. The Kier molecular flexibility index (Phi) is 6.67. The minimum atomic E-state index is -0.0722. The third-order valence-electron chi connectivity index (χ3n) is 2.29. The normalized spacial score (nSPS) is 10.4. The minimum Gasteiger partial charge on any atom is -0.464 e. The van der Waals surface area contributed by atoms with Crippen molar-refractivity contribution in [1.82, 2.24) is 15.5 Å². The van der Waals surface area contributed by atoms with Crippen LogP contribution in [0.15, 0.2) is 16.5 Å². The van der Waals surface area contributed by atoms with E-state index in [1.54, 1.807) is 25.9 Å². The molecule has 2 N–H and O–H groups in total. The smallest absolute Gasteiger partial charge is 0.316 e. The quantitative estimate of drug-likeness (QED) is 0.738. The summed E-state index contributed by atoms with van der Waals surface area (Å²) in [6.45, 7) is 2.01. The number of urea groups is 1. The zero-order valence-electron chi connectivity index (χ0n) is 11.2. The van der Waals surface area contributed by atoms with Gasteiger partial charge in [-0.3, -0.25) is 0 Å². The third kappa shape index (κ3) is 5.46. The van der Waals surface area contributed by atoms with Gasteiger partial charge < -0.3 is 20.0 Å². The Bertz CT molecular complexity index is 366. The standard InChI is InChI=1S/C12H21N3O2S/c1-15(2)12(16)14-7-6-13-8-10-4-5-11(17-10)9-18-3/h4-5,13H,6-9H2,1-3H3,(H,14,16). The zero-order valence-corrected chi connectivity index (χ0v) is 12.0. The van der Waals surface area contributed by atoms with Crippen LogP contribution in [0.2, 0.25) is 0 Å². The number of rotatable bonds is 7. The molecule has 0 unspecified atom stereocenters. The van der Waals surface area contributed by atoms with Crippen molar-refractivity contribution in [3.8, 4) is 0 Å². The van der Waals surface area contributed by atoms with Crippen molar-refractivity contribution in [1.29, 1.82) is 0 Å². The number of carbonyl (C=O) groups excluding carboxylic acids is 1.